The molecule has 3 rings (SSSR count). The standard InChI is InChI=1S/C17H18N4O2/c1-11(2)21-16-12(9-19-21)8-13(10-18-16)20-17(22)14-6-4-5-7-15(14)23-3/h4-11H,1-3H3,(H,20,22). The van der Waals surface area contributed by atoms with Gasteiger partial charge in [0, 0.05) is 11.4 Å². The number of hydrogen-bond acceptors (Lipinski definition) is 4. The summed E-state index contributed by atoms with van der Waals surface area (Å²) in [5.41, 5.74) is 1.90. The van der Waals surface area contributed by atoms with Gasteiger partial charge in [-0.05, 0) is 32.0 Å². The van der Waals surface area contributed by atoms with Gasteiger partial charge >= 0.3 is 0 Å². The highest BCUT2D eigenvalue weighted by Crippen LogP contribution is 2.22. The number of rotatable bonds is 4. The van der Waals surface area contributed by atoms with Gasteiger partial charge in [0.25, 0.3) is 5.91 Å². The molecule has 0 unspecified atom stereocenters. The maximum atomic E-state index is 12.4. The third-order valence-electron chi connectivity index (χ3n) is 3.53. The van der Waals surface area contributed by atoms with Crippen molar-refractivity contribution in [3.63, 3.8) is 0 Å². The van der Waals surface area contributed by atoms with Crippen LogP contribution in [0.3, 0.4) is 0 Å². The van der Waals surface area contributed by atoms with E-state index in [1.165, 1.54) is 0 Å². The molecule has 0 aliphatic carbocycles. The predicted molar refractivity (Wildman–Crippen MR) is 88.9 cm³/mol. The van der Waals surface area contributed by atoms with Crippen molar-refractivity contribution in [1.82, 2.24) is 14.8 Å². The summed E-state index contributed by atoms with van der Waals surface area (Å²) < 4.78 is 7.06. The van der Waals surface area contributed by atoms with E-state index in [0.717, 1.165) is 11.0 Å². The highest BCUT2D eigenvalue weighted by Gasteiger charge is 2.13. The van der Waals surface area contributed by atoms with E-state index >= 15 is 0 Å². The van der Waals surface area contributed by atoms with Crippen LogP contribution >= 0.6 is 0 Å². The zero-order valence-electron chi connectivity index (χ0n) is 13.3. The molecule has 0 aliphatic rings. The topological polar surface area (TPSA) is 69.0 Å². The minimum Gasteiger partial charge on any atom is -0.496 e. The molecule has 0 saturated carbocycles. The van der Waals surface area contributed by atoms with Crippen LogP contribution in [0.1, 0.15) is 30.2 Å². The molecule has 2 aromatic heterocycles. The van der Waals surface area contributed by atoms with E-state index in [1.54, 1.807) is 37.7 Å². The number of ether oxygens (including phenoxy) is 1. The number of fused-ring (bicyclic) bond motifs is 1. The molecule has 6 nitrogen and oxygen atoms in total. The Bertz CT molecular complexity index is 855. The Balaban J connectivity index is 1.88. The number of pyridine rings is 1. The average molecular weight is 310 g/mol. The van der Waals surface area contributed by atoms with Crippen LogP contribution in [0.15, 0.2) is 42.7 Å². The molecule has 0 spiro atoms. The Morgan fingerprint density at radius 3 is 2.78 bits per heavy atom. The molecule has 0 saturated heterocycles. The van der Waals surface area contributed by atoms with Crippen molar-refractivity contribution >= 4 is 22.6 Å². The Morgan fingerprint density at radius 2 is 2.04 bits per heavy atom. The van der Waals surface area contributed by atoms with Gasteiger partial charge < -0.3 is 10.1 Å². The molecule has 23 heavy (non-hydrogen) atoms. The number of carbonyl (C=O) groups is 1. The zero-order valence-corrected chi connectivity index (χ0v) is 13.3. The monoisotopic (exact) mass is 310 g/mol. The normalized spacial score (nSPS) is 11.0. The van der Waals surface area contributed by atoms with Crippen molar-refractivity contribution in [2.45, 2.75) is 19.9 Å². The number of hydrogen-bond donors (Lipinski definition) is 1. The van der Waals surface area contributed by atoms with Crippen molar-refractivity contribution in [2.24, 2.45) is 0 Å². The van der Waals surface area contributed by atoms with Crippen molar-refractivity contribution < 1.29 is 9.53 Å². The number of anilines is 1. The summed E-state index contributed by atoms with van der Waals surface area (Å²) in [5, 5.41) is 8.05. The summed E-state index contributed by atoms with van der Waals surface area (Å²) >= 11 is 0. The Hall–Kier alpha value is -2.89. The van der Waals surface area contributed by atoms with Crippen molar-refractivity contribution in [2.75, 3.05) is 12.4 Å². The van der Waals surface area contributed by atoms with Gasteiger partial charge in [0.15, 0.2) is 5.65 Å². The van der Waals surface area contributed by atoms with Crippen LogP contribution in [0.2, 0.25) is 0 Å². The molecule has 0 fully saturated rings. The van der Waals surface area contributed by atoms with E-state index in [9.17, 15) is 4.79 Å². The highest BCUT2D eigenvalue weighted by molar-refractivity contribution is 6.06. The molecule has 6 heteroatoms. The molecule has 118 valence electrons. The molecule has 1 aromatic carbocycles. The number of benzene rings is 1. The first kappa shape index (κ1) is 15.0. The van der Waals surface area contributed by atoms with Gasteiger partial charge in [-0.2, -0.15) is 5.10 Å². The summed E-state index contributed by atoms with van der Waals surface area (Å²) in [7, 11) is 1.54. The van der Waals surface area contributed by atoms with Gasteiger partial charge in [0.05, 0.1) is 30.8 Å². The van der Waals surface area contributed by atoms with Crippen LogP contribution in [-0.4, -0.2) is 27.8 Å². The Labute approximate surface area is 134 Å². The number of aromatic nitrogens is 3. The van der Waals surface area contributed by atoms with Crippen molar-refractivity contribution in [1.29, 1.82) is 0 Å². The summed E-state index contributed by atoms with van der Waals surface area (Å²) in [6, 6.07) is 9.19. The number of methoxy groups -OCH3 is 1. The van der Waals surface area contributed by atoms with E-state index < -0.39 is 0 Å². The molecule has 0 aliphatic heterocycles. The van der Waals surface area contributed by atoms with Crippen LogP contribution < -0.4 is 10.1 Å². The number of nitrogens with zero attached hydrogens (tertiary/aromatic N) is 3. The van der Waals surface area contributed by atoms with Crippen LogP contribution in [0, 0.1) is 0 Å². The molecule has 1 N–H and O–H groups in total. The fourth-order valence-corrected chi connectivity index (χ4v) is 2.42. The second-order valence-electron chi connectivity index (χ2n) is 5.47. The maximum Gasteiger partial charge on any atom is 0.259 e. The lowest BCUT2D eigenvalue weighted by Crippen LogP contribution is -2.13. The smallest absolute Gasteiger partial charge is 0.259 e. The van der Waals surface area contributed by atoms with Crippen molar-refractivity contribution in [3.8, 4) is 5.75 Å². The number of para-hydroxylation sites is 1. The summed E-state index contributed by atoms with van der Waals surface area (Å²) in [4.78, 5) is 16.8. The Kier molecular flexibility index (Phi) is 3.97. The van der Waals surface area contributed by atoms with E-state index in [0.29, 0.717) is 17.0 Å². The van der Waals surface area contributed by atoms with Crippen LogP contribution in [0.25, 0.3) is 11.0 Å². The van der Waals surface area contributed by atoms with Crippen LogP contribution in [-0.2, 0) is 0 Å². The minimum absolute atomic E-state index is 0.231. The highest BCUT2D eigenvalue weighted by atomic mass is 16.5. The third kappa shape index (κ3) is 2.88. The molecule has 0 radical (unpaired) electrons. The van der Waals surface area contributed by atoms with Crippen LogP contribution in [0.5, 0.6) is 5.75 Å². The average Bonchev–Trinajstić information content (AvgIpc) is 2.98. The number of nitrogens with one attached hydrogen (secondary N) is 1. The molecule has 3 aromatic rings. The van der Waals surface area contributed by atoms with E-state index in [1.807, 2.05) is 30.7 Å². The number of carbonyl (C=O) groups excluding carboxylic acids is 1. The lowest BCUT2D eigenvalue weighted by molar-refractivity contribution is 0.102. The van der Waals surface area contributed by atoms with Gasteiger partial charge in [0.2, 0.25) is 0 Å². The quantitative estimate of drug-likeness (QED) is 0.803. The second-order valence-corrected chi connectivity index (χ2v) is 5.47. The maximum absolute atomic E-state index is 12.4. The summed E-state index contributed by atoms with van der Waals surface area (Å²) in [5.74, 6) is 0.298. The molecule has 2 heterocycles. The zero-order chi connectivity index (χ0) is 16.4. The first-order valence-electron chi connectivity index (χ1n) is 7.38. The van der Waals surface area contributed by atoms with Gasteiger partial charge in [-0.25, -0.2) is 9.67 Å². The van der Waals surface area contributed by atoms with Crippen molar-refractivity contribution in [3.05, 3.63) is 48.3 Å². The molecule has 0 bridgehead atoms. The van der Waals surface area contributed by atoms with Gasteiger partial charge in [-0.15, -0.1) is 0 Å². The van der Waals surface area contributed by atoms with Gasteiger partial charge in [0.1, 0.15) is 5.75 Å². The second kappa shape index (κ2) is 6.08. The summed E-state index contributed by atoms with van der Waals surface area (Å²) in [6.07, 6.45) is 3.39. The van der Waals surface area contributed by atoms with E-state index in [2.05, 4.69) is 15.4 Å². The lowest BCUT2D eigenvalue weighted by Gasteiger charge is -2.09. The Morgan fingerprint density at radius 1 is 1.26 bits per heavy atom. The first-order chi connectivity index (χ1) is 11.1. The van der Waals surface area contributed by atoms with Gasteiger partial charge in [-0.1, -0.05) is 12.1 Å². The minimum atomic E-state index is -0.236. The molecular formula is C17H18N4O2. The van der Waals surface area contributed by atoms with E-state index in [-0.39, 0.29) is 11.9 Å². The lowest BCUT2D eigenvalue weighted by atomic mass is 10.2. The molecule has 1 amide bonds. The largest absolute Gasteiger partial charge is 0.496 e. The molecular weight excluding hydrogens is 292 g/mol. The first-order valence-corrected chi connectivity index (χ1v) is 7.38. The fourth-order valence-electron chi connectivity index (χ4n) is 2.42. The predicted octanol–water partition coefficient (Wildman–Crippen LogP) is 3.27. The summed E-state index contributed by atoms with van der Waals surface area (Å²) in [6.45, 7) is 4.09. The SMILES string of the molecule is COc1ccccc1C(=O)Nc1cnc2c(cnn2C(C)C)c1. The van der Waals surface area contributed by atoms with Crippen LogP contribution in [0.4, 0.5) is 5.69 Å². The third-order valence-corrected chi connectivity index (χ3v) is 3.53. The fraction of sp³-hybridized carbons (Fsp3) is 0.235. The van der Waals surface area contributed by atoms with E-state index in [4.69, 9.17) is 4.74 Å². The number of amides is 1. The van der Waals surface area contributed by atoms with Gasteiger partial charge in [-0.3, -0.25) is 4.79 Å². The molecule has 0 atom stereocenters.